The van der Waals surface area contributed by atoms with Crippen molar-refractivity contribution in [2.45, 2.75) is 6.18 Å². The van der Waals surface area contributed by atoms with Gasteiger partial charge in [-0.3, -0.25) is 4.79 Å². The summed E-state index contributed by atoms with van der Waals surface area (Å²) in [6.45, 7) is -0.122. The first-order valence-corrected chi connectivity index (χ1v) is 6.31. The van der Waals surface area contributed by atoms with Gasteiger partial charge in [-0.2, -0.15) is 13.2 Å². The van der Waals surface area contributed by atoms with Gasteiger partial charge in [0.15, 0.2) is 0 Å². The zero-order valence-electron chi connectivity index (χ0n) is 11.2. The molecular weight excluding hydrogens is 300 g/mol. The summed E-state index contributed by atoms with van der Waals surface area (Å²) in [6, 6.07) is 9.58. The van der Waals surface area contributed by atoms with Gasteiger partial charge in [-0.15, -0.1) is 0 Å². The standard InChI is InChI=1S/C15H12F4N2O/c16-11-3-7-13(8-4-11)21-14(22)9-20-12-5-1-10(2-6-12)15(17,18)19/h1-8,20H,9H2,(H,21,22). The summed E-state index contributed by atoms with van der Waals surface area (Å²) in [6.07, 6.45) is -4.39. The quantitative estimate of drug-likeness (QED) is 0.841. The van der Waals surface area contributed by atoms with Crippen LogP contribution in [0.5, 0.6) is 0 Å². The van der Waals surface area contributed by atoms with Crippen LogP contribution in [0.25, 0.3) is 0 Å². The molecule has 0 spiro atoms. The predicted molar refractivity (Wildman–Crippen MR) is 75.0 cm³/mol. The number of nitrogens with one attached hydrogen (secondary N) is 2. The highest BCUT2D eigenvalue weighted by molar-refractivity contribution is 5.93. The van der Waals surface area contributed by atoms with Crippen molar-refractivity contribution in [3.63, 3.8) is 0 Å². The van der Waals surface area contributed by atoms with Crippen molar-refractivity contribution < 1.29 is 22.4 Å². The number of hydrogen-bond donors (Lipinski definition) is 2. The number of anilines is 2. The zero-order chi connectivity index (χ0) is 16.2. The van der Waals surface area contributed by atoms with Gasteiger partial charge in [-0.1, -0.05) is 0 Å². The van der Waals surface area contributed by atoms with Crippen molar-refractivity contribution in [1.29, 1.82) is 0 Å². The fourth-order valence-corrected chi connectivity index (χ4v) is 1.70. The maximum atomic E-state index is 12.7. The molecule has 1 amide bonds. The van der Waals surface area contributed by atoms with Gasteiger partial charge in [0.1, 0.15) is 5.82 Å². The lowest BCUT2D eigenvalue weighted by atomic mass is 10.2. The van der Waals surface area contributed by atoms with Crippen LogP contribution in [0.4, 0.5) is 28.9 Å². The average Bonchev–Trinajstić information content (AvgIpc) is 2.47. The van der Waals surface area contributed by atoms with Crippen molar-refractivity contribution in [3.05, 3.63) is 59.9 Å². The van der Waals surface area contributed by atoms with Gasteiger partial charge in [0.25, 0.3) is 0 Å². The van der Waals surface area contributed by atoms with E-state index in [0.717, 1.165) is 12.1 Å². The van der Waals surface area contributed by atoms with E-state index in [4.69, 9.17) is 0 Å². The minimum absolute atomic E-state index is 0.122. The molecule has 0 aromatic heterocycles. The number of benzene rings is 2. The summed E-state index contributed by atoms with van der Waals surface area (Å²) in [7, 11) is 0. The molecule has 0 saturated heterocycles. The third-order valence-corrected chi connectivity index (χ3v) is 2.79. The minimum atomic E-state index is -4.39. The van der Waals surface area contributed by atoms with Gasteiger partial charge in [0, 0.05) is 11.4 Å². The Bertz CT molecular complexity index is 636. The summed E-state index contributed by atoms with van der Waals surface area (Å²) in [5, 5.41) is 5.23. The summed E-state index contributed by atoms with van der Waals surface area (Å²) >= 11 is 0. The molecule has 22 heavy (non-hydrogen) atoms. The van der Waals surface area contributed by atoms with E-state index in [1.54, 1.807) is 0 Å². The second-order valence-corrected chi connectivity index (χ2v) is 4.48. The van der Waals surface area contributed by atoms with Crippen molar-refractivity contribution >= 4 is 17.3 Å². The second kappa shape index (κ2) is 6.46. The van der Waals surface area contributed by atoms with E-state index in [9.17, 15) is 22.4 Å². The largest absolute Gasteiger partial charge is 0.416 e. The molecule has 2 N–H and O–H groups in total. The van der Waals surface area contributed by atoms with Gasteiger partial charge in [-0.05, 0) is 48.5 Å². The first kappa shape index (κ1) is 15.8. The molecular formula is C15H12F4N2O. The molecule has 2 aromatic carbocycles. The van der Waals surface area contributed by atoms with Gasteiger partial charge in [0.2, 0.25) is 5.91 Å². The first-order valence-electron chi connectivity index (χ1n) is 6.31. The van der Waals surface area contributed by atoms with Crippen LogP contribution in [0.15, 0.2) is 48.5 Å². The van der Waals surface area contributed by atoms with Crippen LogP contribution in [-0.2, 0) is 11.0 Å². The van der Waals surface area contributed by atoms with E-state index >= 15 is 0 Å². The number of halogens is 4. The maximum Gasteiger partial charge on any atom is 0.416 e. The number of hydrogen-bond acceptors (Lipinski definition) is 2. The van der Waals surface area contributed by atoms with E-state index < -0.39 is 23.5 Å². The van der Waals surface area contributed by atoms with Crippen LogP contribution in [0.2, 0.25) is 0 Å². The highest BCUT2D eigenvalue weighted by atomic mass is 19.4. The number of amides is 1. The lowest BCUT2D eigenvalue weighted by Crippen LogP contribution is -2.21. The molecule has 0 aliphatic heterocycles. The highest BCUT2D eigenvalue weighted by Gasteiger charge is 2.29. The highest BCUT2D eigenvalue weighted by Crippen LogP contribution is 2.29. The van der Waals surface area contributed by atoms with Gasteiger partial charge in [-0.25, -0.2) is 4.39 Å². The Morgan fingerprint density at radius 1 is 0.909 bits per heavy atom. The maximum absolute atomic E-state index is 12.7. The lowest BCUT2D eigenvalue weighted by molar-refractivity contribution is -0.137. The summed E-state index contributed by atoms with van der Waals surface area (Å²) < 4.78 is 49.9. The molecule has 7 heteroatoms. The molecule has 0 aliphatic rings. The summed E-state index contributed by atoms with van der Waals surface area (Å²) in [5.41, 5.74) is 0.0664. The molecule has 0 saturated carbocycles. The second-order valence-electron chi connectivity index (χ2n) is 4.48. The van der Waals surface area contributed by atoms with Crippen molar-refractivity contribution in [3.8, 4) is 0 Å². The normalized spacial score (nSPS) is 11.1. The lowest BCUT2D eigenvalue weighted by Gasteiger charge is -2.10. The molecule has 0 atom stereocenters. The smallest absolute Gasteiger partial charge is 0.376 e. The van der Waals surface area contributed by atoms with Crippen LogP contribution in [0.3, 0.4) is 0 Å². The van der Waals surface area contributed by atoms with E-state index in [2.05, 4.69) is 10.6 Å². The molecule has 0 bridgehead atoms. The molecule has 0 heterocycles. The van der Waals surface area contributed by atoms with Gasteiger partial charge < -0.3 is 10.6 Å². The predicted octanol–water partition coefficient (Wildman–Crippen LogP) is 3.90. The van der Waals surface area contributed by atoms with Crippen LogP contribution in [-0.4, -0.2) is 12.5 Å². The zero-order valence-corrected chi connectivity index (χ0v) is 11.2. The van der Waals surface area contributed by atoms with Crippen molar-refractivity contribution in [2.24, 2.45) is 0 Å². The summed E-state index contributed by atoms with van der Waals surface area (Å²) in [5.74, 6) is -0.813. The fourth-order valence-electron chi connectivity index (χ4n) is 1.70. The van der Waals surface area contributed by atoms with Gasteiger partial charge >= 0.3 is 6.18 Å². The molecule has 0 fully saturated rings. The minimum Gasteiger partial charge on any atom is -0.376 e. The first-order chi connectivity index (χ1) is 10.3. The van der Waals surface area contributed by atoms with Gasteiger partial charge in [0.05, 0.1) is 12.1 Å². The Labute approximate surface area is 124 Å². The summed E-state index contributed by atoms with van der Waals surface area (Å²) in [4.78, 5) is 11.6. The topological polar surface area (TPSA) is 41.1 Å². The Hall–Kier alpha value is -2.57. The molecule has 0 radical (unpaired) electrons. The Morgan fingerprint density at radius 2 is 1.45 bits per heavy atom. The van der Waals surface area contributed by atoms with Crippen LogP contribution >= 0.6 is 0 Å². The van der Waals surface area contributed by atoms with E-state index in [1.807, 2.05) is 0 Å². The van der Waals surface area contributed by atoms with Crippen LogP contribution in [0, 0.1) is 5.82 Å². The fraction of sp³-hybridized carbons (Fsp3) is 0.133. The number of carbonyl (C=O) groups is 1. The van der Waals surface area contributed by atoms with E-state index in [-0.39, 0.29) is 6.54 Å². The van der Waals surface area contributed by atoms with E-state index in [0.29, 0.717) is 11.4 Å². The third-order valence-electron chi connectivity index (χ3n) is 2.79. The Kier molecular flexibility index (Phi) is 4.65. The number of carbonyl (C=O) groups excluding carboxylic acids is 1. The molecule has 3 nitrogen and oxygen atoms in total. The Morgan fingerprint density at radius 3 is 2.00 bits per heavy atom. The van der Waals surface area contributed by atoms with Crippen molar-refractivity contribution in [1.82, 2.24) is 0 Å². The number of rotatable bonds is 4. The molecule has 116 valence electrons. The van der Waals surface area contributed by atoms with Crippen LogP contribution in [0.1, 0.15) is 5.56 Å². The molecule has 2 rings (SSSR count). The molecule has 2 aromatic rings. The third kappa shape index (κ3) is 4.47. The van der Waals surface area contributed by atoms with Crippen LogP contribution < -0.4 is 10.6 Å². The average molecular weight is 312 g/mol. The SMILES string of the molecule is O=C(CNc1ccc(C(F)(F)F)cc1)Nc1ccc(F)cc1. The molecule has 0 unspecified atom stereocenters. The van der Waals surface area contributed by atoms with Crippen molar-refractivity contribution in [2.75, 3.05) is 17.2 Å². The number of alkyl halides is 3. The molecule has 0 aliphatic carbocycles. The monoisotopic (exact) mass is 312 g/mol. The van der Waals surface area contributed by atoms with E-state index in [1.165, 1.54) is 36.4 Å². The Balaban J connectivity index is 1.87.